The summed E-state index contributed by atoms with van der Waals surface area (Å²) in [6, 6.07) is 0. The molecule has 0 aromatic carbocycles. The van der Waals surface area contributed by atoms with E-state index < -0.39 is 12.2 Å². The molecule has 1 aliphatic carbocycles. The Balaban J connectivity index is 2.47. The van der Waals surface area contributed by atoms with Crippen LogP contribution in [0.3, 0.4) is 0 Å². The highest BCUT2D eigenvalue weighted by atomic mass is 16.3. The number of aliphatic hydroxyl groups is 2. The van der Waals surface area contributed by atoms with E-state index in [1.54, 1.807) is 12.2 Å². The van der Waals surface area contributed by atoms with Crippen molar-refractivity contribution < 1.29 is 10.2 Å². The van der Waals surface area contributed by atoms with Crippen LogP contribution in [0.2, 0.25) is 0 Å². The number of allylic oxidation sites excluding steroid dienone is 4. The largest absolute Gasteiger partial charge is 0.389 e. The van der Waals surface area contributed by atoms with E-state index in [4.69, 9.17) is 0 Å². The molecule has 0 aromatic heterocycles. The van der Waals surface area contributed by atoms with Gasteiger partial charge in [-0.25, -0.2) is 0 Å². The van der Waals surface area contributed by atoms with Crippen LogP contribution in [0.4, 0.5) is 0 Å². The summed E-state index contributed by atoms with van der Waals surface area (Å²) >= 11 is 0. The van der Waals surface area contributed by atoms with Gasteiger partial charge in [-0.3, -0.25) is 0 Å². The zero-order valence-corrected chi connectivity index (χ0v) is 9.76. The van der Waals surface area contributed by atoms with E-state index in [2.05, 4.69) is 12.2 Å². The van der Waals surface area contributed by atoms with E-state index in [0.717, 1.165) is 32.1 Å². The van der Waals surface area contributed by atoms with Gasteiger partial charge < -0.3 is 10.2 Å². The van der Waals surface area contributed by atoms with Crippen molar-refractivity contribution in [3.05, 3.63) is 36.5 Å². The van der Waals surface area contributed by atoms with Crippen LogP contribution in [0, 0.1) is 0 Å². The van der Waals surface area contributed by atoms with Crippen LogP contribution in [-0.4, -0.2) is 22.4 Å². The molecule has 0 bridgehead atoms. The average molecular weight is 222 g/mol. The number of hydrogen-bond donors (Lipinski definition) is 2. The second-order valence-corrected chi connectivity index (χ2v) is 4.21. The highest BCUT2D eigenvalue weighted by molar-refractivity contribution is 4.97. The fraction of sp³-hybridized carbons (Fsp3) is 0.571. The SMILES string of the molecule is OC1/C=C\CC/C=C\CCC/C=C\C(O)C1. The first kappa shape index (κ1) is 13.2. The van der Waals surface area contributed by atoms with Crippen LogP contribution in [0.25, 0.3) is 0 Å². The fourth-order valence-corrected chi connectivity index (χ4v) is 1.69. The van der Waals surface area contributed by atoms with Crippen molar-refractivity contribution in [2.45, 2.75) is 50.7 Å². The molecule has 2 N–H and O–H groups in total. The van der Waals surface area contributed by atoms with E-state index >= 15 is 0 Å². The maximum Gasteiger partial charge on any atom is 0.0748 e. The normalized spacial score (nSPS) is 34.9. The van der Waals surface area contributed by atoms with Crippen LogP contribution in [0.15, 0.2) is 36.5 Å². The van der Waals surface area contributed by atoms with Gasteiger partial charge in [-0.2, -0.15) is 0 Å². The summed E-state index contributed by atoms with van der Waals surface area (Å²) in [5, 5.41) is 19.2. The van der Waals surface area contributed by atoms with Gasteiger partial charge in [0.15, 0.2) is 0 Å². The van der Waals surface area contributed by atoms with Crippen molar-refractivity contribution in [1.29, 1.82) is 0 Å². The van der Waals surface area contributed by atoms with Gasteiger partial charge in [-0.05, 0) is 32.1 Å². The molecule has 0 aliphatic heterocycles. The molecule has 2 heteroatoms. The third-order valence-electron chi connectivity index (χ3n) is 2.61. The molecular formula is C14H22O2. The van der Waals surface area contributed by atoms with Gasteiger partial charge in [0.25, 0.3) is 0 Å². The first-order chi connectivity index (χ1) is 7.79. The van der Waals surface area contributed by atoms with Gasteiger partial charge in [-0.15, -0.1) is 0 Å². The minimum absolute atomic E-state index is 0.392. The lowest BCUT2D eigenvalue weighted by Gasteiger charge is -2.09. The Labute approximate surface area is 98.0 Å². The third kappa shape index (κ3) is 6.59. The molecule has 1 aliphatic rings. The second kappa shape index (κ2) is 8.31. The maximum absolute atomic E-state index is 9.59. The molecule has 0 saturated carbocycles. The summed E-state index contributed by atoms with van der Waals surface area (Å²) < 4.78 is 0. The van der Waals surface area contributed by atoms with Crippen LogP contribution >= 0.6 is 0 Å². The summed E-state index contributed by atoms with van der Waals surface area (Å²) in [7, 11) is 0. The van der Waals surface area contributed by atoms with Gasteiger partial charge in [0.05, 0.1) is 12.2 Å². The van der Waals surface area contributed by atoms with Gasteiger partial charge in [0.2, 0.25) is 0 Å². The Bertz CT molecular complexity index is 253. The minimum Gasteiger partial charge on any atom is -0.389 e. The molecule has 16 heavy (non-hydrogen) atoms. The lowest BCUT2D eigenvalue weighted by Crippen LogP contribution is -2.13. The van der Waals surface area contributed by atoms with E-state index in [9.17, 15) is 10.2 Å². The van der Waals surface area contributed by atoms with Crippen LogP contribution in [0.1, 0.15) is 38.5 Å². The molecule has 0 heterocycles. The first-order valence-electron chi connectivity index (χ1n) is 6.13. The summed E-state index contributed by atoms with van der Waals surface area (Å²) in [6.45, 7) is 0. The molecule has 90 valence electrons. The number of rotatable bonds is 0. The van der Waals surface area contributed by atoms with Crippen molar-refractivity contribution in [2.24, 2.45) is 0 Å². The van der Waals surface area contributed by atoms with E-state index in [-0.39, 0.29) is 0 Å². The molecule has 0 fully saturated rings. The highest BCUT2D eigenvalue weighted by Gasteiger charge is 2.05. The van der Waals surface area contributed by atoms with Crippen molar-refractivity contribution in [3.63, 3.8) is 0 Å². The lowest BCUT2D eigenvalue weighted by atomic mass is 10.1. The monoisotopic (exact) mass is 222 g/mol. The predicted molar refractivity (Wildman–Crippen MR) is 67.1 cm³/mol. The molecule has 2 unspecified atom stereocenters. The van der Waals surface area contributed by atoms with Gasteiger partial charge in [-0.1, -0.05) is 36.5 Å². The molecule has 0 spiro atoms. The van der Waals surface area contributed by atoms with E-state index in [0.29, 0.717) is 6.42 Å². The van der Waals surface area contributed by atoms with Crippen LogP contribution < -0.4 is 0 Å². The molecule has 0 amide bonds. The Kier molecular flexibility index (Phi) is 6.86. The van der Waals surface area contributed by atoms with Crippen LogP contribution in [-0.2, 0) is 0 Å². The van der Waals surface area contributed by atoms with Crippen molar-refractivity contribution in [2.75, 3.05) is 0 Å². The van der Waals surface area contributed by atoms with Gasteiger partial charge >= 0.3 is 0 Å². The van der Waals surface area contributed by atoms with Crippen molar-refractivity contribution in [1.82, 2.24) is 0 Å². The van der Waals surface area contributed by atoms with Crippen molar-refractivity contribution in [3.8, 4) is 0 Å². The lowest BCUT2D eigenvalue weighted by molar-refractivity contribution is 0.133. The molecule has 0 aromatic rings. The quantitative estimate of drug-likeness (QED) is 0.619. The summed E-state index contributed by atoms with van der Waals surface area (Å²) in [6.07, 6.45) is 16.5. The second-order valence-electron chi connectivity index (χ2n) is 4.21. The van der Waals surface area contributed by atoms with Gasteiger partial charge in [0.1, 0.15) is 0 Å². The topological polar surface area (TPSA) is 40.5 Å². The Morgan fingerprint density at radius 3 is 1.94 bits per heavy atom. The molecule has 0 saturated heterocycles. The average Bonchev–Trinajstić information content (AvgIpc) is 2.25. The smallest absolute Gasteiger partial charge is 0.0748 e. The Hall–Kier alpha value is -0.860. The zero-order chi connectivity index (χ0) is 11.6. The van der Waals surface area contributed by atoms with Crippen LogP contribution in [0.5, 0.6) is 0 Å². The summed E-state index contributed by atoms with van der Waals surface area (Å²) in [5.74, 6) is 0. The summed E-state index contributed by atoms with van der Waals surface area (Å²) in [5.41, 5.74) is 0. The summed E-state index contributed by atoms with van der Waals surface area (Å²) in [4.78, 5) is 0. The van der Waals surface area contributed by atoms with E-state index in [1.807, 2.05) is 12.2 Å². The Morgan fingerprint density at radius 1 is 0.688 bits per heavy atom. The molecule has 2 nitrogen and oxygen atoms in total. The Morgan fingerprint density at radius 2 is 1.19 bits per heavy atom. The molecule has 2 atom stereocenters. The third-order valence-corrected chi connectivity index (χ3v) is 2.61. The number of hydrogen-bond acceptors (Lipinski definition) is 2. The minimum atomic E-state index is -0.536. The highest BCUT2D eigenvalue weighted by Crippen LogP contribution is 2.06. The molecular weight excluding hydrogens is 200 g/mol. The van der Waals surface area contributed by atoms with Crippen molar-refractivity contribution >= 4 is 0 Å². The number of aliphatic hydroxyl groups excluding tert-OH is 2. The zero-order valence-electron chi connectivity index (χ0n) is 9.76. The standard InChI is InChI=1S/C14H22O2/c15-13-10-8-6-4-2-1-3-5-7-9-11-14(16)12-13/h1-2,8-11,13-16H,3-7,12H2/b2-1-,10-8-,11-9-. The molecule has 0 radical (unpaired) electrons. The molecule has 1 rings (SSSR count). The van der Waals surface area contributed by atoms with E-state index in [1.165, 1.54) is 0 Å². The fourth-order valence-electron chi connectivity index (χ4n) is 1.69. The predicted octanol–water partition coefficient (Wildman–Crippen LogP) is 2.73. The van der Waals surface area contributed by atoms with Gasteiger partial charge in [0, 0.05) is 6.42 Å². The first-order valence-corrected chi connectivity index (χ1v) is 6.13. The maximum atomic E-state index is 9.59.